The van der Waals surface area contributed by atoms with Crippen LogP contribution in [-0.4, -0.2) is 66.5 Å². The molecule has 1 N–H and O–H groups in total. The minimum absolute atomic E-state index is 0.0318. The van der Waals surface area contributed by atoms with Crippen LogP contribution in [0.25, 0.3) is 17.3 Å². The summed E-state index contributed by atoms with van der Waals surface area (Å²) >= 11 is 0. The molecule has 0 aliphatic carbocycles. The molecule has 1 fully saturated rings. The third kappa shape index (κ3) is 4.97. The van der Waals surface area contributed by atoms with Gasteiger partial charge in [0.05, 0.1) is 19.5 Å². The zero-order chi connectivity index (χ0) is 25.2. The Kier molecular flexibility index (Phi) is 7.01. The Labute approximate surface area is 204 Å². The fourth-order valence-electron chi connectivity index (χ4n) is 4.02. The normalized spacial score (nSPS) is 15.2. The molecule has 0 spiro atoms. The number of nitrogens with one attached hydrogen (secondary N) is 1. The summed E-state index contributed by atoms with van der Waals surface area (Å²) in [5.41, 5.74) is 0.406. The Hall–Kier alpha value is -3.54. The molecule has 1 saturated heterocycles. The van der Waals surface area contributed by atoms with Crippen molar-refractivity contribution in [1.82, 2.24) is 19.7 Å². The summed E-state index contributed by atoms with van der Waals surface area (Å²) in [7, 11) is -0.947. The van der Waals surface area contributed by atoms with Crippen molar-refractivity contribution in [1.29, 1.82) is 0 Å². The summed E-state index contributed by atoms with van der Waals surface area (Å²) in [6.45, 7) is 3.99. The molecule has 0 saturated carbocycles. The zero-order valence-electron chi connectivity index (χ0n) is 20.1. The number of sulfonamides is 1. The molecule has 0 radical (unpaired) electrons. The molecule has 1 aliphatic heterocycles. The molecule has 1 aromatic carbocycles. The van der Waals surface area contributed by atoms with Crippen molar-refractivity contribution in [2.45, 2.75) is 38.4 Å². The minimum Gasteiger partial charge on any atom is -0.494 e. The molecule has 11 nitrogen and oxygen atoms in total. The largest absolute Gasteiger partial charge is 0.494 e. The molecule has 2 aromatic heterocycles. The van der Waals surface area contributed by atoms with Gasteiger partial charge in [-0.15, -0.1) is 10.2 Å². The van der Waals surface area contributed by atoms with E-state index in [0.29, 0.717) is 41.7 Å². The Morgan fingerprint density at radius 2 is 1.83 bits per heavy atom. The maximum absolute atomic E-state index is 13.3. The number of para-hydroxylation sites is 1. The minimum atomic E-state index is -3.95. The average molecular weight is 504 g/mol. The fourth-order valence-corrected chi connectivity index (χ4v) is 4.98. The van der Waals surface area contributed by atoms with Crippen molar-refractivity contribution in [2.24, 2.45) is 0 Å². The Bertz CT molecular complexity index is 1290. The highest BCUT2D eigenvalue weighted by Crippen LogP contribution is 2.38. The summed E-state index contributed by atoms with van der Waals surface area (Å²) < 4.78 is 47.5. The first-order chi connectivity index (χ1) is 16.7. The maximum atomic E-state index is 13.3. The fraction of sp³-hybridized carbons (Fsp3) is 0.435. The van der Waals surface area contributed by atoms with E-state index in [0.717, 1.165) is 12.8 Å². The monoisotopic (exact) mass is 503 g/mol. The molecule has 35 heavy (non-hydrogen) atoms. The second-order valence-corrected chi connectivity index (χ2v) is 10.5. The standard InChI is InChI=1S/C23H29N5O6S/c1-15-11-12-19(34-15)22-24-25-23(28(22)21-17(32-3)8-7-9-18(21)33-4)26-35(30,31)16(2)14-27-13-6-5-10-20(27)29/h7-9,11-12,16H,5-6,10,13-14H2,1-4H3,(H,25,26)/t16-/m1/s1. The molecule has 1 amide bonds. The number of carbonyl (C=O) groups is 1. The average Bonchev–Trinajstić information content (AvgIpc) is 3.45. The number of anilines is 1. The first kappa shape index (κ1) is 24.6. The van der Waals surface area contributed by atoms with Gasteiger partial charge in [0.15, 0.2) is 5.76 Å². The van der Waals surface area contributed by atoms with Crippen LogP contribution in [0.5, 0.6) is 11.5 Å². The van der Waals surface area contributed by atoms with Gasteiger partial charge in [0.25, 0.3) is 0 Å². The van der Waals surface area contributed by atoms with Crippen LogP contribution in [0.4, 0.5) is 5.95 Å². The Morgan fingerprint density at radius 3 is 2.43 bits per heavy atom. The number of hydrogen-bond donors (Lipinski definition) is 1. The lowest BCUT2D eigenvalue weighted by molar-refractivity contribution is -0.133. The number of aryl methyl sites for hydroxylation is 1. The van der Waals surface area contributed by atoms with Crippen LogP contribution >= 0.6 is 0 Å². The number of nitrogens with zero attached hydrogens (tertiary/aromatic N) is 4. The number of methoxy groups -OCH3 is 2. The molecule has 3 heterocycles. The van der Waals surface area contributed by atoms with Gasteiger partial charge < -0.3 is 18.8 Å². The molecule has 1 atom stereocenters. The van der Waals surface area contributed by atoms with Gasteiger partial charge in [0.2, 0.25) is 27.7 Å². The van der Waals surface area contributed by atoms with Gasteiger partial charge in [-0.25, -0.2) is 8.42 Å². The van der Waals surface area contributed by atoms with Gasteiger partial charge in [-0.2, -0.15) is 0 Å². The number of aromatic nitrogens is 3. The van der Waals surface area contributed by atoms with Crippen LogP contribution < -0.4 is 14.2 Å². The molecule has 1 aliphatic rings. The lowest BCUT2D eigenvalue weighted by Gasteiger charge is -2.29. The van der Waals surface area contributed by atoms with Gasteiger partial charge in [0, 0.05) is 19.5 Å². The van der Waals surface area contributed by atoms with Gasteiger partial charge in [0.1, 0.15) is 22.9 Å². The van der Waals surface area contributed by atoms with Crippen molar-refractivity contribution >= 4 is 21.9 Å². The molecule has 4 rings (SSSR count). The van der Waals surface area contributed by atoms with Crippen LogP contribution in [-0.2, 0) is 14.8 Å². The van der Waals surface area contributed by atoms with E-state index < -0.39 is 15.3 Å². The number of hydrogen-bond acceptors (Lipinski definition) is 8. The second kappa shape index (κ2) is 9.98. The molecule has 12 heteroatoms. The van der Waals surface area contributed by atoms with Crippen LogP contribution in [0.2, 0.25) is 0 Å². The SMILES string of the molecule is COc1cccc(OC)c1-n1c(NS(=O)(=O)[C@H](C)CN2CCCCC2=O)nnc1-c1ccc(C)o1. The van der Waals surface area contributed by atoms with Crippen molar-refractivity contribution in [3.63, 3.8) is 0 Å². The van der Waals surface area contributed by atoms with Crippen molar-refractivity contribution in [3.8, 4) is 28.8 Å². The van der Waals surface area contributed by atoms with E-state index in [9.17, 15) is 13.2 Å². The predicted octanol–water partition coefficient (Wildman–Crippen LogP) is 3.00. The molecule has 3 aromatic rings. The van der Waals surface area contributed by atoms with E-state index in [1.807, 2.05) is 0 Å². The molecular weight excluding hydrogens is 474 g/mol. The second-order valence-electron chi connectivity index (χ2n) is 8.36. The van der Waals surface area contributed by atoms with E-state index in [-0.39, 0.29) is 24.2 Å². The first-order valence-electron chi connectivity index (χ1n) is 11.3. The number of amides is 1. The lowest BCUT2D eigenvalue weighted by Crippen LogP contribution is -2.43. The van der Waals surface area contributed by atoms with Crippen molar-refractivity contribution in [2.75, 3.05) is 32.0 Å². The quantitative estimate of drug-likeness (QED) is 0.472. The van der Waals surface area contributed by atoms with Crippen LogP contribution in [0.15, 0.2) is 34.7 Å². The van der Waals surface area contributed by atoms with E-state index >= 15 is 0 Å². The van der Waals surface area contributed by atoms with Crippen LogP contribution in [0, 0.1) is 6.92 Å². The van der Waals surface area contributed by atoms with E-state index in [1.165, 1.54) is 18.8 Å². The summed E-state index contributed by atoms with van der Waals surface area (Å²) in [5.74, 6) is 2.05. The highest BCUT2D eigenvalue weighted by Gasteiger charge is 2.31. The topological polar surface area (TPSA) is 129 Å². The van der Waals surface area contributed by atoms with E-state index in [2.05, 4.69) is 14.9 Å². The summed E-state index contributed by atoms with van der Waals surface area (Å²) in [6, 6.07) is 8.69. The summed E-state index contributed by atoms with van der Waals surface area (Å²) in [4.78, 5) is 13.8. The van der Waals surface area contributed by atoms with E-state index in [4.69, 9.17) is 13.9 Å². The number of rotatable bonds is 9. The van der Waals surface area contributed by atoms with Gasteiger partial charge in [-0.3, -0.25) is 14.1 Å². The third-order valence-electron chi connectivity index (χ3n) is 5.91. The smallest absolute Gasteiger partial charge is 0.243 e. The van der Waals surface area contributed by atoms with E-state index in [1.54, 1.807) is 49.1 Å². The highest BCUT2D eigenvalue weighted by molar-refractivity contribution is 7.93. The number of benzene rings is 1. The molecule has 0 unspecified atom stereocenters. The Morgan fingerprint density at radius 1 is 1.11 bits per heavy atom. The molecular formula is C23H29N5O6S. The summed E-state index contributed by atoms with van der Waals surface area (Å²) in [6.07, 6.45) is 2.13. The van der Waals surface area contributed by atoms with Crippen LogP contribution in [0.3, 0.4) is 0 Å². The number of piperidine rings is 1. The van der Waals surface area contributed by atoms with Crippen molar-refractivity contribution < 1.29 is 27.1 Å². The molecule has 0 bridgehead atoms. The highest BCUT2D eigenvalue weighted by atomic mass is 32.2. The third-order valence-corrected chi connectivity index (χ3v) is 7.59. The zero-order valence-corrected chi connectivity index (χ0v) is 21.0. The number of likely N-dealkylation sites (tertiary alicyclic amines) is 1. The van der Waals surface area contributed by atoms with Crippen molar-refractivity contribution in [3.05, 3.63) is 36.1 Å². The lowest BCUT2D eigenvalue weighted by atomic mass is 10.1. The number of carbonyl (C=O) groups excluding carboxylic acids is 1. The van der Waals surface area contributed by atoms with Gasteiger partial charge in [-0.1, -0.05) is 6.07 Å². The van der Waals surface area contributed by atoms with Crippen LogP contribution in [0.1, 0.15) is 31.9 Å². The Balaban J connectivity index is 1.76. The predicted molar refractivity (Wildman–Crippen MR) is 129 cm³/mol. The van der Waals surface area contributed by atoms with Gasteiger partial charge in [-0.05, 0) is 51.0 Å². The number of furan rings is 1. The molecule has 188 valence electrons. The summed E-state index contributed by atoms with van der Waals surface area (Å²) in [5, 5.41) is 7.46. The first-order valence-corrected chi connectivity index (χ1v) is 12.8. The number of ether oxygens (including phenoxy) is 2. The van der Waals surface area contributed by atoms with Gasteiger partial charge >= 0.3 is 0 Å². The maximum Gasteiger partial charge on any atom is 0.243 e.